The molecule has 0 aliphatic carbocycles. The Hall–Kier alpha value is -1.04. The zero-order valence-electron chi connectivity index (χ0n) is 8.87. The molecule has 0 spiro atoms. The molecule has 3 nitrogen and oxygen atoms in total. The van der Waals surface area contributed by atoms with Crippen molar-refractivity contribution in [2.75, 3.05) is 13.6 Å². The number of hydrogen-bond acceptors (Lipinski definition) is 2. The van der Waals surface area contributed by atoms with E-state index in [9.17, 15) is 4.79 Å². The number of nitriles is 1. The van der Waals surface area contributed by atoms with E-state index in [2.05, 4.69) is 13.8 Å². The lowest BCUT2D eigenvalue weighted by Gasteiger charge is -2.21. The average Bonchev–Trinajstić information content (AvgIpc) is 2.14. The highest BCUT2D eigenvalue weighted by Gasteiger charge is 2.17. The van der Waals surface area contributed by atoms with Gasteiger partial charge in [0, 0.05) is 13.6 Å². The van der Waals surface area contributed by atoms with Crippen LogP contribution in [0.1, 0.15) is 27.2 Å². The van der Waals surface area contributed by atoms with Crippen molar-refractivity contribution in [2.24, 2.45) is 11.8 Å². The second kappa shape index (κ2) is 5.58. The van der Waals surface area contributed by atoms with Crippen LogP contribution in [0.15, 0.2) is 0 Å². The van der Waals surface area contributed by atoms with Gasteiger partial charge < -0.3 is 4.90 Å². The summed E-state index contributed by atoms with van der Waals surface area (Å²) in [6.07, 6.45) is 1.05. The molecule has 0 aliphatic rings. The molecule has 2 atom stereocenters. The number of carbonyl (C=O) groups excluding carboxylic acids is 1. The molecule has 1 amide bonds. The summed E-state index contributed by atoms with van der Waals surface area (Å²) in [7, 11) is 1.75. The first-order valence-corrected chi connectivity index (χ1v) is 4.67. The molecule has 3 heteroatoms. The van der Waals surface area contributed by atoms with E-state index in [0.29, 0.717) is 5.92 Å². The van der Waals surface area contributed by atoms with Gasteiger partial charge in [-0.1, -0.05) is 20.3 Å². The summed E-state index contributed by atoms with van der Waals surface area (Å²) >= 11 is 0. The van der Waals surface area contributed by atoms with E-state index >= 15 is 0 Å². The van der Waals surface area contributed by atoms with Crippen molar-refractivity contribution in [3.63, 3.8) is 0 Å². The van der Waals surface area contributed by atoms with Gasteiger partial charge in [-0.2, -0.15) is 5.26 Å². The fourth-order valence-corrected chi connectivity index (χ4v) is 1.07. The van der Waals surface area contributed by atoms with Gasteiger partial charge >= 0.3 is 0 Å². The molecule has 13 heavy (non-hydrogen) atoms. The highest BCUT2D eigenvalue weighted by Crippen LogP contribution is 2.06. The van der Waals surface area contributed by atoms with Gasteiger partial charge in [0.2, 0.25) is 5.91 Å². The zero-order valence-corrected chi connectivity index (χ0v) is 8.87. The molecule has 0 aromatic carbocycles. The molecule has 0 bridgehead atoms. The van der Waals surface area contributed by atoms with Crippen LogP contribution >= 0.6 is 0 Å². The maximum absolute atomic E-state index is 11.4. The first-order valence-electron chi connectivity index (χ1n) is 4.67. The van der Waals surface area contributed by atoms with Crippen molar-refractivity contribution in [1.29, 1.82) is 5.26 Å². The summed E-state index contributed by atoms with van der Waals surface area (Å²) < 4.78 is 0. The minimum atomic E-state index is -0.519. The maximum Gasteiger partial charge on any atom is 0.239 e. The molecule has 0 saturated heterocycles. The molecule has 74 valence electrons. The Labute approximate surface area is 80.3 Å². The van der Waals surface area contributed by atoms with Gasteiger partial charge in [0.25, 0.3) is 0 Å². The van der Waals surface area contributed by atoms with Crippen LogP contribution < -0.4 is 0 Å². The van der Waals surface area contributed by atoms with Crippen LogP contribution in [-0.2, 0) is 4.79 Å². The second-order valence-electron chi connectivity index (χ2n) is 3.58. The smallest absolute Gasteiger partial charge is 0.239 e. The van der Waals surface area contributed by atoms with E-state index in [1.54, 1.807) is 18.9 Å². The van der Waals surface area contributed by atoms with Gasteiger partial charge in [-0.25, -0.2) is 0 Å². The molecule has 0 aliphatic heterocycles. The van der Waals surface area contributed by atoms with Crippen molar-refractivity contribution in [3.05, 3.63) is 0 Å². The lowest BCUT2D eigenvalue weighted by atomic mass is 10.1. The second-order valence-corrected chi connectivity index (χ2v) is 3.58. The van der Waals surface area contributed by atoms with Crippen molar-refractivity contribution in [1.82, 2.24) is 4.90 Å². The van der Waals surface area contributed by atoms with Crippen LogP contribution in [0.4, 0.5) is 0 Å². The molecular formula is C10H18N2O. The van der Waals surface area contributed by atoms with Crippen LogP contribution in [0.2, 0.25) is 0 Å². The Morgan fingerprint density at radius 2 is 2.08 bits per heavy atom. The fourth-order valence-electron chi connectivity index (χ4n) is 1.07. The molecule has 0 aromatic heterocycles. The summed E-state index contributed by atoms with van der Waals surface area (Å²) in [6, 6.07) is 1.95. The molecular weight excluding hydrogens is 164 g/mol. The number of nitrogens with zero attached hydrogens (tertiary/aromatic N) is 2. The van der Waals surface area contributed by atoms with E-state index in [-0.39, 0.29) is 5.91 Å². The lowest BCUT2D eigenvalue weighted by Crippen LogP contribution is -2.34. The predicted octanol–water partition coefficient (Wildman–Crippen LogP) is 1.65. The van der Waals surface area contributed by atoms with Crippen molar-refractivity contribution >= 4 is 5.91 Å². The van der Waals surface area contributed by atoms with Gasteiger partial charge in [-0.05, 0) is 12.8 Å². The van der Waals surface area contributed by atoms with Crippen LogP contribution in [0, 0.1) is 23.2 Å². The summed E-state index contributed by atoms with van der Waals surface area (Å²) in [5.41, 5.74) is 0. The van der Waals surface area contributed by atoms with E-state index in [4.69, 9.17) is 5.26 Å². The molecule has 0 fully saturated rings. The Kier molecular flexibility index (Phi) is 5.13. The molecule has 0 aromatic rings. The average molecular weight is 182 g/mol. The molecule has 0 N–H and O–H groups in total. The van der Waals surface area contributed by atoms with Crippen molar-refractivity contribution in [3.8, 4) is 6.07 Å². The highest BCUT2D eigenvalue weighted by molar-refractivity contribution is 5.80. The Morgan fingerprint density at radius 1 is 1.54 bits per heavy atom. The Bertz CT molecular complexity index is 207. The Morgan fingerprint density at radius 3 is 2.46 bits per heavy atom. The van der Waals surface area contributed by atoms with Gasteiger partial charge in [-0.15, -0.1) is 0 Å². The van der Waals surface area contributed by atoms with Crippen LogP contribution in [-0.4, -0.2) is 24.4 Å². The molecule has 0 saturated carbocycles. The number of carbonyl (C=O) groups is 1. The molecule has 2 unspecified atom stereocenters. The molecule has 0 rings (SSSR count). The number of hydrogen-bond donors (Lipinski definition) is 0. The van der Waals surface area contributed by atoms with Gasteiger partial charge in [0.05, 0.1) is 6.07 Å². The largest absolute Gasteiger partial charge is 0.344 e. The standard InChI is InChI=1S/C10H18N2O/c1-5-8(2)7-12(4)10(13)9(3)6-11/h8-9H,5,7H2,1-4H3. The number of rotatable bonds is 4. The van der Waals surface area contributed by atoms with E-state index < -0.39 is 5.92 Å². The minimum absolute atomic E-state index is 0.0807. The van der Waals surface area contributed by atoms with E-state index in [1.807, 2.05) is 6.07 Å². The minimum Gasteiger partial charge on any atom is -0.344 e. The van der Waals surface area contributed by atoms with Gasteiger partial charge in [-0.3, -0.25) is 4.79 Å². The van der Waals surface area contributed by atoms with Crippen molar-refractivity contribution < 1.29 is 4.79 Å². The fraction of sp³-hybridized carbons (Fsp3) is 0.800. The lowest BCUT2D eigenvalue weighted by molar-refractivity contribution is -0.132. The van der Waals surface area contributed by atoms with Crippen molar-refractivity contribution in [2.45, 2.75) is 27.2 Å². The third-order valence-electron chi connectivity index (χ3n) is 2.22. The van der Waals surface area contributed by atoms with Crippen LogP contribution in [0.3, 0.4) is 0 Å². The highest BCUT2D eigenvalue weighted by atomic mass is 16.2. The van der Waals surface area contributed by atoms with Gasteiger partial charge in [0.15, 0.2) is 0 Å². The Balaban J connectivity index is 4.05. The number of amides is 1. The summed E-state index contributed by atoms with van der Waals surface area (Å²) in [5, 5.41) is 8.55. The van der Waals surface area contributed by atoms with Gasteiger partial charge in [0.1, 0.15) is 5.92 Å². The zero-order chi connectivity index (χ0) is 10.4. The summed E-state index contributed by atoms with van der Waals surface area (Å²) in [4.78, 5) is 13.1. The first kappa shape index (κ1) is 12.0. The molecule has 0 radical (unpaired) electrons. The third-order valence-corrected chi connectivity index (χ3v) is 2.22. The first-order chi connectivity index (χ1) is 6.02. The van der Waals surface area contributed by atoms with E-state index in [1.165, 1.54) is 0 Å². The normalized spacial score (nSPS) is 14.4. The summed E-state index contributed by atoms with van der Waals surface area (Å²) in [6.45, 7) is 6.56. The maximum atomic E-state index is 11.4. The quantitative estimate of drug-likeness (QED) is 0.663. The van der Waals surface area contributed by atoms with Crippen LogP contribution in [0.5, 0.6) is 0 Å². The third kappa shape index (κ3) is 3.93. The predicted molar refractivity (Wildman–Crippen MR) is 51.9 cm³/mol. The summed E-state index contributed by atoms with van der Waals surface area (Å²) in [5.74, 6) is -0.100. The van der Waals surface area contributed by atoms with E-state index in [0.717, 1.165) is 13.0 Å². The monoisotopic (exact) mass is 182 g/mol. The molecule has 0 heterocycles. The van der Waals surface area contributed by atoms with Crippen LogP contribution in [0.25, 0.3) is 0 Å². The topological polar surface area (TPSA) is 44.1 Å². The SMILES string of the molecule is CCC(C)CN(C)C(=O)C(C)C#N.